The Balaban J connectivity index is 1.95. The highest BCUT2D eigenvalue weighted by Crippen LogP contribution is 2.31. The molecule has 2 aromatic carbocycles. The van der Waals surface area contributed by atoms with E-state index in [-0.39, 0.29) is 11.9 Å². The van der Waals surface area contributed by atoms with E-state index in [1.54, 1.807) is 0 Å². The van der Waals surface area contributed by atoms with Gasteiger partial charge in [0, 0.05) is 12.5 Å². The molecule has 3 heteroatoms. The molecule has 2 aromatic rings. The van der Waals surface area contributed by atoms with Crippen molar-refractivity contribution in [3.05, 3.63) is 59.7 Å². The molecule has 1 heterocycles. The number of carbonyl (C=O) groups is 1. The maximum atomic E-state index is 11.8. The zero-order valence-corrected chi connectivity index (χ0v) is 12.0. The third-order valence-electron chi connectivity index (χ3n) is 3.51. The first-order valence-electron chi connectivity index (χ1n) is 7.15. The Labute approximate surface area is 124 Å². The second kappa shape index (κ2) is 5.83. The average molecular weight is 278 g/mol. The number of amides is 1. The lowest BCUT2D eigenvalue weighted by atomic mass is 10.1. The largest absolute Gasteiger partial charge is 0.380 e. The van der Waals surface area contributed by atoms with Gasteiger partial charge in [-0.2, -0.15) is 0 Å². The second-order valence-electron chi connectivity index (χ2n) is 5.31. The average Bonchev–Trinajstić information content (AvgIpc) is 2.63. The Morgan fingerprint density at radius 2 is 1.86 bits per heavy atom. The van der Waals surface area contributed by atoms with Crippen LogP contribution in [0.15, 0.2) is 48.5 Å². The molecule has 0 saturated carbocycles. The predicted molar refractivity (Wildman–Crippen MR) is 88.1 cm³/mol. The molecule has 0 aromatic heterocycles. The molecule has 0 spiro atoms. The number of fused-ring (bicyclic) bond motifs is 1. The van der Waals surface area contributed by atoms with Gasteiger partial charge in [0.05, 0.1) is 11.4 Å². The summed E-state index contributed by atoms with van der Waals surface area (Å²) in [5.74, 6) is 0.0536. The molecule has 3 nitrogen and oxygen atoms in total. The van der Waals surface area contributed by atoms with Crippen LogP contribution >= 0.6 is 0 Å². The van der Waals surface area contributed by atoms with Crippen molar-refractivity contribution in [3.8, 4) is 0 Å². The Kier molecular flexibility index (Phi) is 3.73. The summed E-state index contributed by atoms with van der Waals surface area (Å²) in [4.78, 5) is 11.8. The van der Waals surface area contributed by atoms with Crippen molar-refractivity contribution < 1.29 is 4.79 Å². The van der Waals surface area contributed by atoms with E-state index in [0.29, 0.717) is 6.42 Å². The minimum Gasteiger partial charge on any atom is -0.380 e. The van der Waals surface area contributed by atoms with E-state index in [0.717, 1.165) is 22.5 Å². The van der Waals surface area contributed by atoms with Crippen LogP contribution in [-0.2, 0) is 4.79 Å². The van der Waals surface area contributed by atoms with Crippen molar-refractivity contribution >= 4 is 29.4 Å². The van der Waals surface area contributed by atoms with Crippen LogP contribution in [0.25, 0.3) is 12.2 Å². The molecule has 0 saturated heterocycles. The van der Waals surface area contributed by atoms with Crippen molar-refractivity contribution in [1.29, 1.82) is 0 Å². The summed E-state index contributed by atoms with van der Waals surface area (Å²) in [7, 11) is 0. The highest BCUT2D eigenvalue weighted by atomic mass is 16.1. The smallest absolute Gasteiger partial charge is 0.226 e. The second-order valence-corrected chi connectivity index (χ2v) is 5.31. The zero-order valence-electron chi connectivity index (χ0n) is 12.0. The van der Waals surface area contributed by atoms with Gasteiger partial charge in [-0.05, 0) is 24.1 Å². The molecular formula is C18H18N2O. The van der Waals surface area contributed by atoms with E-state index in [9.17, 15) is 4.79 Å². The number of nitrogens with one attached hydrogen (secondary N) is 2. The SMILES string of the molecule is C[C@@H]1CC(=O)Nc2cccc(/C=C/c3ccccc3)c2N1. The van der Waals surface area contributed by atoms with Crippen LogP contribution in [0.2, 0.25) is 0 Å². The van der Waals surface area contributed by atoms with E-state index in [1.165, 1.54) is 0 Å². The van der Waals surface area contributed by atoms with E-state index < -0.39 is 0 Å². The Hall–Kier alpha value is -2.55. The number of rotatable bonds is 2. The summed E-state index contributed by atoms with van der Waals surface area (Å²) in [6.07, 6.45) is 4.64. The summed E-state index contributed by atoms with van der Waals surface area (Å²) in [5.41, 5.74) is 4.06. The monoisotopic (exact) mass is 278 g/mol. The quantitative estimate of drug-likeness (QED) is 0.815. The summed E-state index contributed by atoms with van der Waals surface area (Å²) in [6.45, 7) is 2.02. The maximum Gasteiger partial charge on any atom is 0.226 e. The van der Waals surface area contributed by atoms with Gasteiger partial charge in [0.25, 0.3) is 0 Å². The third-order valence-corrected chi connectivity index (χ3v) is 3.51. The highest BCUT2D eigenvalue weighted by molar-refractivity contribution is 5.98. The van der Waals surface area contributed by atoms with E-state index >= 15 is 0 Å². The number of anilines is 2. The standard InChI is InChI=1S/C18H18N2O/c1-13-12-17(21)20-16-9-5-8-15(18(16)19-13)11-10-14-6-3-2-4-7-14/h2-11,13,19H,12H2,1H3,(H,20,21)/b11-10+/t13-/m1/s1. The molecule has 1 aliphatic rings. The fourth-order valence-corrected chi connectivity index (χ4v) is 2.50. The summed E-state index contributed by atoms with van der Waals surface area (Å²) in [5, 5.41) is 6.38. The molecule has 2 N–H and O–H groups in total. The van der Waals surface area contributed by atoms with Gasteiger partial charge in [-0.25, -0.2) is 0 Å². The predicted octanol–water partition coefficient (Wildman–Crippen LogP) is 4.00. The molecule has 1 aliphatic heterocycles. The number of carbonyl (C=O) groups excluding carboxylic acids is 1. The van der Waals surface area contributed by atoms with Crippen LogP contribution < -0.4 is 10.6 Å². The third kappa shape index (κ3) is 3.14. The molecule has 3 rings (SSSR count). The number of hydrogen-bond acceptors (Lipinski definition) is 2. The highest BCUT2D eigenvalue weighted by Gasteiger charge is 2.18. The lowest BCUT2D eigenvalue weighted by Crippen LogP contribution is -2.19. The van der Waals surface area contributed by atoms with Crippen LogP contribution in [-0.4, -0.2) is 11.9 Å². The van der Waals surface area contributed by atoms with E-state index in [2.05, 4.69) is 41.0 Å². The number of benzene rings is 2. The number of hydrogen-bond donors (Lipinski definition) is 2. The molecule has 1 amide bonds. The molecule has 106 valence electrons. The van der Waals surface area contributed by atoms with Gasteiger partial charge in [0.2, 0.25) is 5.91 Å². The first kappa shape index (κ1) is 13.4. The molecule has 0 bridgehead atoms. The zero-order chi connectivity index (χ0) is 14.7. The molecule has 0 aliphatic carbocycles. The van der Waals surface area contributed by atoms with E-state index in [4.69, 9.17) is 0 Å². The Morgan fingerprint density at radius 3 is 2.67 bits per heavy atom. The van der Waals surface area contributed by atoms with Crippen LogP contribution in [0, 0.1) is 0 Å². The van der Waals surface area contributed by atoms with Crippen molar-refractivity contribution in [3.63, 3.8) is 0 Å². The van der Waals surface area contributed by atoms with Gasteiger partial charge in [0.15, 0.2) is 0 Å². The number of para-hydroxylation sites is 1. The summed E-state index contributed by atoms with van der Waals surface area (Å²) in [6, 6.07) is 16.2. The lowest BCUT2D eigenvalue weighted by molar-refractivity contribution is -0.116. The van der Waals surface area contributed by atoms with Crippen LogP contribution in [0.5, 0.6) is 0 Å². The maximum absolute atomic E-state index is 11.8. The molecular weight excluding hydrogens is 260 g/mol. The fraction of sp³-hybridized carbons (Fsp3) is 0.167. The van der Waals surface area contributed by atoms with Crippen LogP contribution in [0.1, 0.15) is 24.5 Å². The van der Waals surface area contributed by atoms with Crippen LogP contribution in [0.3, 0.4) is 0 Å². The van der Waals surface area contributed by atoms with Gasteiger partial charge in [0.1, 0.15) is 0 Å². The molecule has 0 radical (unpaired) electrons. The van der Waals surface area contributed by atoms with Crippen molar-refractivity contribution in [2.45, 2.75) is 19.4 Å². The van der Waals surface area contributed by atoms with Gasteiger partial charge in [-0.1, -0.05) is 54.6 Å². The van der Waals surface area contributed by atoms with Gasteiger partial charge >= 0.3 is 0 Å². The van der Waals surface area contributed by atoms with Gasteiger partial charge in [-0.15, -0.1) is 0 Å². The molecule has 0 fully saturated rings. The topological polar surface area (TPSA) is 41.1 Å². The Bertz CT molecular complexity index is 677. The minimum absolute atomic E-state index is 0.0536. The molecule has 21 heavy (non-hydrogen) atoms. The summed E-state index contributed by atoms with van der Waals surface area (Å²) < 4.78 is 0. The van der Waals surface area contributed by atoms with Crippen molar-refractivity contribution in [2.75, 3.05) is 10.6 Å². The van der Waals surface area contributed by atoms with E-state index in [1.807, 2.05) is 37.3 Å². The van der Waals surface area contributed by atoms with Crippen LogP contribution in [0.4, 0.5) is 11.4 Å². The fourth-order valence-electron chi connectivity index (χ4n) is 2.50. The molecule has 1 atom stereocenters. The molecule has 0 unspecified atom stereocenters. The first-order chi connectivity index (χ1) is 10.2. The minimum atomic E-state index is 0.0536. The lowest BCUT2D eigenvalue weighted by Gasteiger charge is -2.14. The van der Waals surface area contributed by atoms with Gasteiger partial charge < -0.3 is 10.6 Å². The van der Waals surface area contributed by atoms with Crippen molar-refractivity contribution in [1.82, 2.24) is 0 Å². The van der Waals surface area contributed by atoms with Crippen molar-refractivity contribution in [2.24, 2.45) is 0 Å². The Morgan fingerprint density at radius 1 is 1.05 bits per heavy atom. The summed E-state index contributed by atoms with van der Waals surface area (Å²) >= 11 is 0. The first-order valence-corrected chi connectivity index (χ1v) is 7.15. The van der Waals surface area contributed by atoms with Gasteiger partial charge in [-0.3, -0.25) is 4.79 Å². The normalized spacial score (nSPS) is 17.8.